The lowest BCUT2D eigenvalue weighted by molar-refractivity contribution is 0.104. The minimum Gasteiger partial charge on any atom is -0.312 e. The maximum Gasteiger partial charge on any atom is 0.0306 e. The summed E-state index contributed by atoms with van der Waals surface area (Å²) >= 11 is 0. The van der Waals surface area contributed by atoms with Crippen LogP contribution in [0.3, 0.4) is 0 Å². The van der Waals surface area contributed by atoms with Crippen LogP contribution in [0, 0.1) is 0 Å². The molecule has 1 saturated heterocycles. The van der Waals surface area contributed by atoms with Crippen molar-refractivity contribution >= 4 is 0 Å². The van der Waals surface area contributed by atoms with Gasteiger partial charge in [0.2, 0.25) is 0 Å². The molecule has 1 rings (SSSR count). The molecule has 2 nitrogen and oxygen atoms in total. The van der Waals surface area contributed by atoms with E-state index >= 15 is 0 Å². The third-order valence-electron chi connectivity index (χ3n) is 3.88. The van der Waals surface area contributed by atoms with E-state index < -0.39 is 0 Å². The van der Waals surface area contributed by atoms with Crippen LogP contribution in [0.15, 0.2) is 12.7 Å². The normalized spacial score (nSPS) is 19.9. The number of likely N-dealkylation sites (tertiary alicyclic amines) is 1. The van der Waals surface area contributed by atoms with Crippen LogP contribution in [-0.2, 0) is 0 Å². The Morgan fingerprint density at radius 2 is 2.00 bits per heavy atom. The standard InChI is InChI=1S/C14H28N2/c1-5-7-10-13(15-6-2)14(3,4)16-11-8-9-12-16/h5,13,15H,1,6-12H2,2-4H3. The Labute approximate surface area is 101 Å². The first kappa shape index (κ1) is 13.7. The number of nitrogens with zero attached hydrogens (tertiary/aromatic N) is 1. The number of nitrogens with one attached hydrogen (secondary N) is 1. The van der Waals surface area contributed by atoms with Gasteiger partial charge in [-0.3, -0.25) is 4.90 Å². The molecule has 0 aliphatic carbocycles. The van der Waals surface area contributed by atoms with Crippen molar-refractivity contribution in [2.45, 2.75) is 58.0 Å². The zero-order chi connectivity index (χ0) is 12.0. The van der Waals surface area contributed by atoms with Gasteiger partial charge < -0.3 is 5.32 Å². The minimum atomic E-state index is 0.273. The van der Waals surface area contributed by atoms with E-state index in [4.69, 9.17) is 0 Å². The highest BCUT2D eigenvalue weighted by molar-refractivity contribution is 4.95. The first-order chi connectivity index (χ1) is 7.62. The lowest BCUT2D eigenvalue weighted by Crippen LogP contribution is -2.56. The van der Waals surface area contributed by atoms with Crippen molar-refractivity contribution in [2.75, 3.05) is 19.6 Å². The van der Waals surface area contributed by atoms with Gasteiger partial charge in [0.15, 0.2) is 0 Å². The number of likely N-dealkylation sites (N-methyl/N-ethyl adjacent to an activating group) is 1. The summed E-state index contributed by atoms with van der Waals surface area (Å²) in [6, 6.07) is 0.577. The zero-order valence-corrected chi connectivity index (χ0v) is 11.3. The minimum absolute atomic E-state index is 0.273. The van der Waals surface area contributed by atoms with Gasteiger partial charge in [-0.05, 0) is 59.2 Å². The topological polar surface area (TPSA) is 15.3 Å². The van der Waals surface area contributed by atoms with E-state index in [1.54, 1.807) is 0 Å². The molecule has 0 aromatic rings. The Kier molecular flexibility index (Phi) is 5.50. The maximum atomic E-state index is 3.83. The monoisotopic (exact) mass is 224 g/mol. The first-order valence-electron chi connectivity index (χ1n) is 6.72. The smallest absolute Gasteiger partial charge is 0.0306 e. The fourth-order valence-electron chi connectivity index (χ4n) is 2.75. The fourth-order valence-corrected chi connectivity index (χ4v) is 2.75. The average molecular weight is 224 g/mol. The van der Waals surface area contributed by atoms with E-state index in [9.17, 15) is 0 Å². The molecule has 0 aromatic heterocycles. The molecule has 0 saturated carbocycles. The van der Waals surface area contributed by atoms with E-state index in [0.29, 0.717) is 6.04 Å². The number of allylic oxidation sites excluding steroid dienone is 1. The number of hydrogen-bond acceptors (Lipinski definition) is 2. The summed E-state index contributed by atoms with van der Waals surface area (Å²) in [6.07, 6.45) is 7.06. The van der Waals surface area contributed by atoms with E-state index in [0.717, 1.165) is 13.0 Å². The van der Waals surface area contributed by atoms with Gasteiger partial charge in [0.05, 0.1) is 0 Å². The highest BCUT2D eigenvalue weighted by Crippen LogP contribution is 2.26. The molecule has 2 heteroatoms. The number of hydrogen-bond donors (Lipinski definition) is 1. The summed E-state index contributed by atoms with van der Waals surface area (Å²) in [7, 11) is 0. The second-order valence-electron chi connectivity index (χ2n) is 5.32. The van der Waals surface area contributed by atoms with Gasteiger partial charge in [-0.25, -0.2) is 0 Å². The third-order valence-corrected chi connectivity index (χ3v) is 3.88. The molecule has 1 fully saturated rings. The highest BCUT2D eigenvalue weighted by atomic mass is 15.2. The summed E-state index contributed by atoms with van der Waals surface area (Å²) in [6.45, 7) is 14.4. The third kappa shape index (κ3) is 3.33. The van der Waals surface area contributed by atoms with Crippen molar-refractivity contribution in [3.8, 4) is 0 Å². The van der Waals surface area contributed by atoms with Crippen LogP contribution in [0.1, 0.15) is 46.5 Å². The van der Waals surface area contributed by atoms with Crippen LogP contribution in [0.2, 0.25) is 0 Å². The molecule has 16 heavy (non-hydrogen) atoms. The SMILES string of the molecule is C=CCCC(NCC)C(C)(C)N1CCCC1. The predicted octanol–water partition coefficient (Wildman–Crippen LogP) is 2.81. The van der Waals surface area contributed by atoms with E-state index in [1.165, 1.54) is 32.4 Å². The molecule has 1 N–H and O–H groups in total. The van der Waals surface area contributed by atoms with Gasteiger partial charge in [0.1, 0.15) is 0 Å². The van der Waals surface area contributed by atoms with Crippen LogP contribution in [0.5, 0.6) is 0 Å². The molecule has 1 unspecified atom stereocenters. The average Bonchev–Trinajstić information content (AvgIpc) is 2.77. The largest absolute Gasteiger partial charge is 0.312 e. The lowest BCUT2D eigenvalue weighted by Gasteiger charge is -2.42. The predicted molar refractivity (Wildman–Crippen MR) is 71.8 cm³/mol. The van der Waals surface area contributed by atoms with Crippen molar-refractivity contribution in [1.29, 1.82) is 0 Å². The van der Waals surface area contributed by atoms with Crippen LogP contribution >= 0.6 is 0 Å². The van der Waals surface area contributed by atoms with Crippen LogP contribution in [-0.4, -0.2) is 36.1 Å². The molecule has 0 amide bonds. The van der Waals surface area contributed by atoms with Crippen molar-refractivity contribution < 1.29 is 0 Å². The number of rotatable bonds is 7. The lowest BCUT2D eigenvalue weighted by atomic mass is 9.89. The van der Waals surface area contributed by atoms with Crippen molar-refractivity contribution in [3.63, 3.8) is 0 Å². The summed E-state index contributed by atoms with van der Waals surface area (Å²) in [4.78, 5) is 2.64. The maximum absolute atomic E-state index is 3.83. The van der Waals surface area contributed by atoms with Crippen LogP contribution in [0.4, 0.5) is 0 Å². The second kappa shape index (κ2) is 6.41. The molecule has 94 valence electrons. The quantitative estimate of drug-likeness (QED) is 0.669. The van der Waals surface area contributed by atoms with Crippen molar-refractivity contribution in [1.82, 2.24) is 10.2 Å². The van der Waals surface area contributed by atoms with Gasteiger partial charge in [-0.1, -0.05) is 13.0 Å². The van der Waals surface area contributed by atoms with Crippen LogP contribution < -0.4 is 5.32 Å². The van der Waals surface area contributed by atoms with Gasteiger partial charge in [0.25, 0.3) is 0 Å². The van der Waals surface area contributed by atoms with Crippen molar-refractivity contribution in [3.05, 3.63) is 12.7 Å². The molecule has 1 aliphatic heterocycles. The molecular weight excluding hydrogens is 196 g/mol. The molecule has 0 bridgehead atoms. The highest BCUT2D eigenvalue weighted by Gasteiger charge is 2.35. The van der Waals surface area contributed by atoms with Gasteiger partial charge in [-0.15, -0.1) is 6.58 Å². The van der Waals surface area contributed by atoms with E-state index in [-0.39, 0.29) is 5.54 Å². The first-order valence-corrected chi connectivity index (χ1v) is 6.72. The second-order valence-corrected chi connectivity index (χ2v) is 5.32. The van der Waals surface area contributed by atoms with Crippen LogP contribution in [0.25, 0.3) is 0 Å². The summed E-state index contributed by atoms with van der Waals surface area (Å²) in [5.41, 5.74) is 0.273. The summed E-state index contributed by atoms with van der Waals surface area (Å²) < 4.78 is 0. The van der Waals surface area contributed by atoms with E-state index in [2.05, 4.69) is 37.6 Å². The van der Waals surface area contributed by atoms with Gasteiger partial charge >= 0.3 is 0 Å². The Bertz CT molecular complexity index is 205. The zero-order valence-electron chi connectivity index (χ0n) is 11.3. The Morgan fingerprint density at radius 3 is 2.50 bits per heavy atom. The fraction of sp³-hybridized carbons (Fsp3) is 0.857. The van der Waals surface area contributed by atoms with Crippen molar-refractivity contribution in [2.24, 2.45) is 0 Å². The molecule has 1 aliphatic rings. The van der Waals surface area contributed by atoms with Gasteiger partial charge in [0, 0.05) is 11.6 Å². The van der Waals surface area contributed by atoms with E-state index in [1.807, 2.05) is 6.08 Å². The molecule has 1 heterocycles. The molecular formula is C14H28N2. The molecule has 1 atom stereocenters. The Hall–Kier alpha value is -0.340. The molecule has 0 spiro atoms. The molecule has 0 radical (unpaired) electrons. The Balaban J connectivity index is 2.61. The summed E-state index contributed by atoms with van der Waals surface area (Å²) in [5.74, 6) is 0. The molecule has 0 aromatic carbocycles. The Morgan fingerprint density at radius 1 is 1.38 bits per heavy atom. The summed E-state index contributed by atoms with van der Waals surface area (Å²) in [5, 5.41) is 3.65. The van der Waals surface area contributed by atoms with Gasteiger partial charge in [-0.2, -0.15) is 0 Å².